The normalized spacial score (nSPS) is 9.18. The Kier molecular flexibility index (Phi) is 2.11. The second-order valence-corrected chi connectivity index (χ2v) is 2.04. The Balaban J connectivity index is 2.88. The quantitative estimate of drug-likeness (QED) is 0.650. The fourth-order valence-corrected chi connectivity index (χ4v) is 0.766. The van der Waals surface area contributed by atoms with Crippen LogP contribution < -0.4 is 0 Å². The fourth-order valence-electron chi connectivity index (χ4n) is 0.766. The van der Waals surface area contributed by atoms with Gasteiger partial charge in [0.15, 0.2) is 0 Å². The monoisotopic (exact) mass is 151 g/mol. The highest BCUT2D eigenvalue weighted by Crippen LogP contribution is 2.05. The molecule has 0 aliphatic rings. The topological polar surface area (TPSA) is 42.1 Å². The third-order valence-electron chi connectivity index (χ3n) is 1.35. The zero-order valence-electron chi connectivity index (χ0n) is 6.26. The molecule has 3 heteroatoms. The van der Waals surface area contributed by atoms with Gasteiger partial charge in [-0.25, -0.2) is 4.79 Å². The molecule has 3 nitrogen and oxygen atoms in total. The lowest BCUT2D eigenvalue weighted by atomic mass is 10.3. The van der Waals surface area contributed by atoms with Gasteiger partial charge in [0.05, 0.1) is 12.7 Å². The zero-order valence-corrected chi connectivity index (χ0v) is 6.26. The lowest BCUT2D eigenvalue weighted by molar-refractivity contribution is 0.0601. The maximum Gasteiger partial charge on any atom is 0.339 e. The van der Waals surface area contributed by atoms with Gasteiger partial charge in [0, 0.05) is 11.9 Å². The minimum Gasteiger partial charge on any atom is -0.465 e. The number of ether oxygens (including phenoxy) is 1. The van der Waals surface area contributed by atoms with E-state index >= 15 is 0 Å². The number of nitrogens with one attached hydrogen (secondary N) is 1. The van der Waals surface area contributed by atoms with E-state index in [1.54, 1.807) is 18.3 Å². The molecule has 0 aliphatic carbocycles. The van der Waals surface area contributed by atoms with E-state index < -0.39 is 0 Å². The fraction of sp³-hybridized carbons (Fsp3) is 0.125. The van der Waals surface area contributed by atoms with Gasteiger partial charge in [0.25, 0.3) is 0 Å². The Morgan fingerprint density at radius 2 is 2.55 bits per heavy atom. The SMILES string of the molecule is C=Cc1cc(C(=O)OC)c[nH]1. The Labute approximate surface area is 64.7 Å². The van der Waals surface area contributed by atoms with Gasteiger partial charge in [-0.1, -0.05) is 6.58 Å². The minimum absolute atomic E-state index is 0.339. The Morgan fingerprint density at radius 1 is 1.82 bits per heavy atom. The van der Waals surface area contributed by atoms with Gasteiger partial charge in [-0.15, -0.1) is 0 Å². The lowest BCUT2D eigenvalue weighted by Gasteiger charge is -1.90. The molecule has 1 aromatic heterocycles. The number of hydrogen-bond acceptors (Lipinski definition) is 2. The zero-order chi connectivity index (χ0) is 8.27. The van der Waals surface area contributed by atoms with E-state index in [9.17, 15) is 4.79 Å². The summed E-state index contributed by atoms with van der Waals surface area (Å²) in [7, 11) is 1.35. The summed E-state index contributed by atoms with van der Waals surface area (Å²) in [6, 6.07) is 1.68. The summed E-state index contributed by atoms with van der Waals surface area (Å²) < 4.78 is 4.50. The van der Waals surface area contributed by atoms with Crippen molar-refractivity contribution in [1.82, 2.24) is 4.98 Å². The van der Waals surface area contributed by atoms with Gasteiger partial charge in [-0.2, -0.15) is 0 Å². The lowest BCUT2D eigenvalue weighted by Crippen LogP contribution is -1.98. The highest BCUT2D eigenvalue weighted by Gasteiger charge is 2.05. The number of hydrogen-bond donors (Lipinski definition) is 1. The molecule has 1 heterocycles. The van der Waals surface area contributed by atoms with Crippen LogP contribution in [0.3, 0.4) is 0 Å². The molecule has 1 aromatic rings. The molecule has 0 spiro atoms. The molecule has 0 unspecified atom stereocenters. The highest BCUT2D eigenvalue weighted by molar-refractivity contribution is 5.89. The van der Waals surface area contributed by atoms with Gasteiger partial charge < -0.3 is 9.72 Å². The van der Waals surface area contributed by atoms with E-state index in [1.165, 1.54) is 7.11 Å². The smallest absolute Gasteiger partial charge is 0.339 e. The largest absolute Gasteiger partial charge is 0.465 e. The summed E-state index contributed by atoms with van der Waals surface area (Å²) in [4.78, 5) is 13.7. The van der Waals surface area contributed by atoms with E-state index in [0.29, 0.717) is 5.56 Å². The Morgan fingerprint density at radius 3 is 3.00 bits per heavy atom. The van der Waals surface area contributed by atoms with E-state index in [2.05, 4.69) is 16.3 Å². The summed E-state index contributed by atoms with van der Waals surface area (Å²) in [5.74, 6) is -0.339. The van der Waals surface area contributed by atoms with E-state index in [0.717, 1.165) is 5.69 Å². The van der Waals surface area contributed by atoms with Crippen molar-refractivity contribution in [3.8, 4) is 0 Å². The molecule has 0 bridgehead atoms. The molecule has 0 aliphatic heterocycles. The van der Waals surface area contributed by atoms with Crippen LogP contribution in [0.5, 0.6) is 0 Å². The molecule has 0 aromatic carbocycles. The first kappa shape index (κ1) is 7.60. The predicted octanol–water partition coefficient (Wildman–Crippen LogP) is 1.44. The van der Waals surface area contributed by atoms with E-state index in [-0.39, 0.29) is 5.97 Å². The molecule has 0 saturated carbocycles. The number of carbonyl (C=O) groups excluding carboxylic acids is 1. The summed E-state index contributed by atoms with van der Waals surface area (Å²) in [6.07, 6.45) is 3.22. The van der Waals surface area contributed by atoms with Gasteiger partial charge in [-0.3, -0.25) is 0 Å². The summed E-state index contributed by atoms with van der Waals surface area (Å²) in [5, 5.41) is 0. The number of aromatic nitrogens is 1. The van der Waals surface area contributed by atoms with Gasteiger partial charge in [0.2, 0.25) is 0 Å². The number of carbonyl (C=O) groups is 1. The molecule has 0 saturated heterocycles. The molecule has 1 N–H and O–H groups in total. The van der Waals surface area contributed by atoms with Gasteiger partial charge in [-0.05, 0) is 12.1 Å². The first-order valence-electron chi connectivity index (χ1n) is 3.17. The van der Waals surface area contributed by atoms with Crippen LogP contribution in [-0.4, -0.2) is 18.1 Å². The number of esters is 1. The standard InChI is InChI=1S/C8H9NO2/c1-3-7-4-6(5-9-7)8(10)11-2/h3-5,9H,1H2,2H3. The van der Waals surface area contributed by atoms with Crippen molar-refractivity contribution >= 4 is 12.0 Å². The number of H-pyrrole nitrogens is 1. The molecule has 0 atom stereocenters. The van der Waals surface area contributed by atoms with Crippen molar-refractivity contribution in [1.29, 1.82) is 0 Å². The molecule has 58 valence electrons. The Hall–Kier alpha value is -1.51. The maximum absolute atomic E-state index is 10.9. The van der Waals surface area contributed by atoms with Gasteiger partial charge >= 0.3 is 5.97 Å². The van der Waals surface area contributed by atoms with E-state index in [4.69, 9.17) is 0 Å². The number of methoxy groups -OCH3 is 1. The van der Waals surface area contributed by atoms with Crippen molar-refractivity contribution in [2.24, 2.45) is 0 Å². The van der Waals surface area contributed by atoms with Crippen LogP contribution in [0.1, 0.15) is 16.1 Å². The van der Waals surface area contributed by atoms with Crippen LogP contribution in [0.2, 0.25) is 0 Å². The second kappa shape index (κ2) is 3.05. The summed E-state index contributed by atoms with van der Waals surface area (Å²) in [6.45, 7) is 3.55. The molecule has 0 amide bonds. The van der Waals surface area contributed by atoms with Crippen LogP contribution in [-0.2, 0) is 4.74 Å². The average Bonchev–Trinajstić information content (AvgIpc) is 2.50. The van der Waals surface area contributed by atoms with Crippen molar-refractivity contribution < 1.29 is 9.53 Å². The van der Waals surface area contributed by atoms with Crippen molar-refractivity contribution in [3.05, 3.63) is 30.1 Å². The first-order valence-corrected chi connectivity index (χ1v) is 3.17. The summed E-state index contributed by atoms with van der Waals surface area (Å²) >= 11 is 0. The van der Waals surface area contributed by atoms with Crippen LogP contribution in [0.15, 0.2) is 18.8 Å². The minimum atomic E-state index is -0.339. The van der Waals surface area contributed by atoms with Crippen LogP contribution in [0, 0.1) is 0 Å². The Bertz CT molecular complexity index is 275. The first-order chi connectivity index (χ1) is 5.27. The van der Waals surface area contributed by atoms with Gasteiger partial charge in [0.1, 0.15) is 0 Å². The molecular weight excluding hydrogens is 142 g/mol. The molecule has 11 heavy (non-hydrogen) atoms. The molecule has 1 rings (SSSR count). The summed E-state index contributed by atoms with van der Waals surface area (Å²) in [5.41, 5.74) is 1.33. The molecule has 0 radical (unpaired) electrons. The third-order valence-corrected chi connectivity index (χ3v) is 1.35. The van der Waals surface area contributed by atoms with Crippen LogP contribution in [0.4, 0.5) is 0 Å². The predicted molar refractivity (Wildman–Crippen MR) is 42.2 cm³/mol. The van der Waals surface area contributed by atoms with Crippen molar-refractivity contribution in [2.45, 2.75) is 0 Å². The van der Waals surface area contributed by atoms with E-state index in [1.807, 2.05) is 0 Å². The number of rotatable bonds is 2. The molecule has 0 fully saturated rings. The average molecular weight is 151 g/mol. The van der Waals surface area contributed by atoms with Crippen molar-refractivity contribution in [3.63, 3.8) is 0 Å². The van der Waals surface area contributed by atoms with Crippen molar-refractivity contribution in [2.75, 3.05) is 7.11 Å². The maximum atomic E-state index is 10.9. The number of aromatic amines is 1. The van der Waals surface area contributed by atoms with Crippen LogP contribution >= 0.6 is 0 Å². The third kappa shape index (κ3) is 1.49. The van der Waals surface area contributed by atoms with Crippen LogP contribution in [0.25, 0.3) is 6.08 Å². The second-order valence-electron chi connectivity index (χ2n) is 2.04. The highest BCUT2D eigenvalue weighted by atomic mass is 16.5. The molecular formula is C8H9NO2.